The Morgan fingerprint density at radius 2 is 2.06 bits per heavy atom. The molecule has 0 bridgehead atoms. The Kier molecular flexibility index (Phi) is 9.70. The molecule has 0 radical (unpaired) electrons. The Labute approximate surface area is 183 Å². The van der Waals surface area contributed by atoms with Crippen molar-refractivity contribution in [3.8, 4) is 5.75 Å². The molecule has 1 aromatic rings. The second kappa shape index (κ2) is 12.0. The number of ether oxygens (including phenoxy) is 1. The second-order valence-corrected chi connectivity index (χ2v) is 9.70. The number of carbonyl (C=O) groups excluding carboxylic acids is 2. The summed E-state index contributed by atoms with van der Waals surface area (Å²) in [6, 6.07) is 3.53. The van der Waals surface area contributed by atoms with Crippen LogP contribution >= 0.6 is 0 Å². The van der Waals surface area contributed by atoms with Gasteiger partial charge in [-0.3, -0.25) is 0 Å². The van der Waals surface area contributed by atoms with Gasteiger partial charge in [0.15, 0.2) is 11.6 Å². The third kappa shape index (κ3) is 8.82. The van der Waals surface area contributed by atoms with E-state index >= 15 is 0 Å². The van der Waals surface area contributed by atoms with Crippen LogP contribution in [0.1, 0.15) is 50.6 Å². The summed E-state index contributed by atoms with van der Waals surface area (Å²) >= 11 is 0. The molecule has 0 aromatic heterocycles. The summed E-state index contributed by atoms with van der Waals surface area (Å²) < 4.78 is 46.9. The first-order valence-corrected chi connectivity index (χ1v) is 12.2. The fourth-order valence-corrected chi connectivity index (χ4v) is 4.46. The summed E-state index contributed by atoms with van der Waals surface area (Å²) in [5, 5.41) is 2.47. The molecular formula is C21H32FN3O5S. The van der Waals surface area contributed by atoms with Crippen LogP contribution in [0.2, 0.25) is 0 Å². The summed E-state index contributed by atoms with van der Waals surface area (Å²) in [5.74, 6) is 0.115. The Balaban J connectivity index is 1.78. The lowest BCUT2D eigenvalue weighted by Gasteiger charge is -2.19. The summed E-state index contributed by atoms with van der Waals surface area (Å²) in [5.41, 5.74) is 0.630. The number of rotatable bonds is 14. The quantitative estimate of drug-likeness (QED) is 0.330. The lowest BCUT2D eigenvalue weighted by molar-refractivity contribution is -0.108. The van der Waals surface area contributed by atoms with Gasteiger partial charge in [0.25, 0.3) is 0 Å². The molecule has 1 fully saturated rings. The van der Waals surface area contributed by atoms with E-state index in [9.17, 15) is 22.4 Å². The van der Waals surface area contributed by atoms with Gasteiger partial charge in [0.1, 0.15) is 6.29 Å². The van der Waals surface area contributed by atoms with Gasteiger partial charge >= 0.3 is 6.03 Å². The largest absolute Gasteiger partial charge is 0.490 e. The highest BCUT2D eigenvalue weighted by atomic mass is 32.2. The van der Waals surface area contributed by atoms with Crippen LogP contribution in [0, 0.1) is 11.7 Å². The zero-order valence-electron chi connectivity index (χ0n) is 18.1. The number of hydrogen-bond acceptors (Lipinski definition) is 5. The van der Waals surface area contributed by atoms with Crippen LogP contribution in [0.5, 0.6) is 5.75 Å². The molecular weight excluding hydrogens is 425 g/mol. The summed E-state index contributed by atoms with van der Waals surface area (Å²) in [4.78, 5) is 23.6. The van der Waals surface area contributed by atoms with E-state index in [4.69, 9.17) is 4.74 Å². The molecule has 1 atom stereocenters. The van der Waals surface area contributed by atoms with E-state index in [1.54, 1.807) is 19.1 Å². The number of amides is 2. The van der Waals surface area contributed by atoms with Gasteiger partial charge < -0.3 is 19.7 Å². The number of nitrogens with one attached hydrogen (secondary N) is 2. The van der Waals surface area contributed by atoms with Crippen molar-refractivity contribution in [1.82, 2.24) is 14.9 Å². The van der Waals surface area contributed by atoms with Crippen molar-refractivity contribution in [3.05, 3.63) is 29.6 Å². The lowest BCUT2D eigenvalue weighted by atomic mass is 10.1. The molecule has 1 unspecified atom stereocenters. The Bertz CT molecular complexity index is 845. The third-order valence-electron chi connectivity index (χ3n) is 5.12. The number of halogens is 1. The molecule has 31 heavy (non-hydrogen) atoms. The van der Waals surface area contributed by atoms with Gasteiger partial charge in [0, 0.05) is 19.6 Å². The Morgan fingerprint density at radius 3 is 2.71 bits per heavy atom. The van der Waals surface area contributed by atoms with Crippen LogP contribution in [0.3, 0.4) is 0 Å². The van der Waals surface area contributed by atoms with Gasteiger partial charge in [-0.1, -0.05) is 12.5 Å². The number of sulfonamides is 1. The summed E-state index contributed by atoms with van der Waals surface area (Å²) in [6.07, 6.45) is 4.45. The van der Waals surface area contributed by atoms with E-state index in [2.05, 4.69) is 10.0 Å². The van der Waals surface area contributed by atoms with Crippen molar-refractivity contribution in [1.29, 1.82) is 0 Å². The molecule has 2 rings (SSSR count). The average molecular weight is 458 g/mol. The summed E-state index contributed by atoms with van der Waals surface area (Å²) in [6.45, 7) is 2.56. The van der Waals surface area contributed by atoms with E-state index < -0.39 is 21.9 Å². The van der Waals surface area contributed by atoms with Crippen LogP contribution in [-0.2, 0) is 14.8 Å². The van der Waals surface area contributed by atoms with Crippen molar-refractivity contribution in [2.24, 2.45) is 5.92 Å². The number of unbranched alkanes of at least 4 members (excludes halogenated alkanes) is 2. The molecule has 0 aliphatic heterocycles. The van der Waals surface area contributed by atoms with Crippen molar-refractivity contribution in [3.63, 3.8) is 0 Å². The standard InChI is InChI=1S/C21H32FN3O5S/c1-16(18-8-9-19(22)20(14-18)30-15-17-6-7-17)24-31(28,29)13-5-3-4-10-25(11-12-26)21(27)23-2/h8-9,12,14,16-17,24H,3-7,10-11,13,15H2,1-2H3,(H,23,27). The zero-order chi connectivity index (χ0) is 22.9. The van der Waals surface area contributed by atoms with Crippen molar-refractivity contribution >= 4 is 22.3 Å². The molecule has 174 valence electrons. The van der Waals surface area contributed by atoms with E-state index in [0.717, 1.165) is 12.8 Å². The summed E-state index contributed by atoms with van der Waals surface area (Å²) in [7, 11) is -2.04. The van der Waals surface area contributed by atoms with Crippen molar-refractivity contribution < 1.29 is 27.1 Å². The first-order chi connectivity index (χ1) is 14.8. The Morgan fingerprint density at radius 1 is 1.32 bits per heavy atom. The molecule has 1 aliphatic rings. The van der Waals surface area contributed by atoms with E-state index in [1.165, 1.54) is 18.0 Å². The number of hydrogen-bond donors (Lipinski definition) is 2. The topological polar surface area (TPSA) is 105 Å². The van der Waals surface area contributed by atoms with Crippen LogP contribution in [0.15, 0.2) is 18.2 Å². The number of nitrogens with zero attached hydrogens (tertiary/aromatic N) is 1. The number of urea groups is 1. The van der Waals surface area contributed by atoms with Gasteiger partial charge in [-0.05, 0) is 56.2 Å². The maximum absolute atomic E-state index is 13.9. The van der Waals surface area contributed by atoms with Gasteiger partial charge in [0.2, 0.25) is 10.0 Å². The molecule has 1 aliphatic carbocycles. The Hall–Kier alpha value is -2.20. The fourth-order valence-electron chi connectivity index (χ4n) is 3.08. The molecule has 2 N–H and O–H groups in total. The third-order valence-corrected chi connectivity index (χ3v) is 6.66. The molecule has 8 nitrogen and oxygen atoms in total. The van der Waals surface area contributed by atoms with Crippen LogP contribution in [0.25, 0.3) is 0 Å². The molecule has 10 heteroatoms. The molecule has 2 amide bonds. The minimum absolute atomic E-state index is 0.00106. The fraction of sp³-hybridized carbons (Fsp3) is 0.619. The monoisotopic (exact) mass is 457 g/mol. The first-order valence-electron chi connectivity index (χ1n) is 10.6. The molecule has 1 aromatic carbocycles. The van der Waals surface area contributed by atoms with Crippen LogP contribution < -0.4 is 14.8 Å². The number of carbonyl (C=O) groups is 2. The van der Waals surface area contributed by atoms with E-state index in [1.807, 2.05) is 0 Å². The highest BCUT2D eigenvalue weighted by Crippen LogP contribution is 2.31. The maximum Gasteiger partial charge on any atom is 0.317 e. The SMILES string of the molecule is CNC(=O)N(CC=O)CCCCCS(=O)(=O)NC(C)c1ccc(F)c(OCC2CC2)c1. The van der Waals surface area contributed by atoms with Gasteiger partial charge in [0.05, 0.1) is 18.9 Å². The normalized spacial score (nSPS) is 14.7. The predicted molar refractivity (Wildman–Crippen MR) is 116 cm³/mol. The van der Waals surface area contributed by atoms with Gasteiger partial charge in [-0.2, -0.15) is 0 Å². The predicted octanol–water partition coefficient (Wildman–Crippen LogP) is 2.61. The lowest BCUT2D eigenvalue weighted by Crippen LogP contribution is -2.39. The zero-order valence-corrected chi connectivity index (χ0v) is 18.9. The van der Waals surface area contributed by atoms with Crippen molar-refractivity contribution in [2.75, 3.05) is 32.5 Å². The first kappa shape index (κ1) is 25.1. The second-order valence-electron chi connectivity index (χ2n) is 7.83. The smallest absolute Gasteiger partial charge is 0.317 e. The van der Waals surface area contributed by atoms with Gasteiger partial charge in [-0.15, -0.1) is 0 Å². The highest BCUT2D eigenvalue weighted by Gasteiger charge is 2.23. The molecule has 1 saturated carbocycles. The van der Waals surface area contributed by atoms with Crippen molar-refractivity contribution in [2.45, 2.75) is 45.1 Å². The molecule has 0 spiro atoms. The van der Waals surface area contributed by atoms with Gasteiger partial charge in [-0.25, -0.2) is 22.3 Å². The molecule has 0 saturated heterocycles. The molecule has 0 heterocycles. The van der Waals surface area contributed by atoms with E-state index in [0.29, 0.717) is 50.2 Å². The van der Waals surface area contributed by atoms with Crippen LogP contribution in [-0.4, -0.2) is 58.1 Å². The minimum atomic E-state index is -3.53. The van der Waals surface area contributed by atoms with E-state index in [-0.39, 0.29) is 24.1 Å². The number of benzene rings is 1. The van der Waals surface area contributed by atoms with Crippen LogP contribution in [0.4, 0.5) is 9.18 Å². The maximum atomic E-state index is 13.9. The highest BCUT2D eigenvalue weighted by molar-refractivity contribution is 7.89. The minimum Gasteiger partial charge on any atom is -0.490 e. The average Bonchev–Trinajstić information content (AvgIpc) is 3.55. The number of aldehydes is 1.